The number of aliphatic carboxylic acids is 1. The average molecular weight is 255 g/mol. The van der Waals surface area contributed by atoms with Crippen molar-refractivity contribution in [1.29, 1.82) is 0 Å². The largest absolute Gasteiger partial charge is 0.481 e. The zero-order valence-electron chi connectivity index (χ0n) is 10.1. The van der Waals surface area contributed by atoms with Crippen molar-refractivity contribution in [2.45, 2.75) is 6.42 Å². The zero-order valence-corrected chi connectivity index (χ0v) is 10.1. The molecule has 0 bridgehead atoms. The van der Waals surface area contributed by atoms with E-state index in [1.165, 1.54) is 11.0 Å². The first kappa shape index (κ1) is 12.9. The summed E-state index contributed by atoms with van der Waals surface area (Å²) >= 11 is 0. The van der Waals surface area contributed by atoms with E-state index in [2.05, 4.69) is 6.58 Å². The zero-order chi connectivity index (χ0) is 13.2. The quantitative estimate of drug-likeness (QED) is 0.752. The minimum Gasteiger partial charge on any atom is -0.481 e. The normalized spacial score (nSPS) is 30.7. The van der Waals surface area contributed by atoms with Crippen molar-refractivity contribution in [1.82, 2.24) is 4.90 Å². The first-order valence-corrected chi connectivity index (χ1v) is 5.92. The monoisotopic (exact) mass is 255 g/mol. The highest BCUT2D eigenvalue weighted by atomic mass is 16.6. The molecule has 6 nitrogen and oxygen atoms in total. The molecule has 2 fully saturated rings. The predicted octanol–water partition coefficient (Wildman–Crippen LogP) is 0.732. The molecule has 2 heterocycles. The standard InChI is InChI=1S/C12H17NO5/c1-2-4-18-11(16)13-6-9(10(14)15)12(7-13)3-5-17-8-12/h2,9H,1,3-8H2,(H,14,15). The van der Waals surface area contributed by atoms with E-state index in [1.807, 2.05) is 0 Å². The van der Waals surface area contributed by atoms with Crippen LogP contribution in [0.2, 0.25) is 0 Å². The van der Waals surface area contributed by atoms with Crippen molar-refractivity contribution in [3.8, 4) is 0 Å². The summed E-state index contributed by atoms with van der Waals surface area (Å²) in [6, 6.07) is 0. The minimum atomic E-state index is -0.875. The van der Waals surface area contributed by atoms with Gasteiger partial charge in [0.1, 0.15) is 6.61 Å². The molecule has 18 heavy (non-hydrogen) atoms. The third-order valence-corrected chi connectivity index (χ3v) is 3.66. The molecule has 2 saturated heterocycles. The highest BCUT2D eigenvalue weighted by molar-refractivity contribution is 5.75. The lowest BCUT2D eigenvalue weighted by Gasteiger charge is -2.24. The Morgan fingerprint density at radius 1 is 1.61 bits per heavy atom. The van der Waals surface area contributed by atoms with Gasteiger partial charge in [-0.25, -0.2) is 4.79 Å². The van der Waals surface area contributed by atoms with E-state index in [1.54, 1.807) is 0 Å². The van der Waals surface area contributed by atoms with Crippen LogP contribution in [0.3, 0.4) is 0 Å². The molecule has 1 N–H and O–H groups in total. The van der Waals surface area contributed by atoms with Crippen LogP contribution in [0, 0.1) is 11.3 Å². The molecule has 0 aromatic rings. The molecule has 2 aliphatic heterocycles. The summed E-state index contributed by atoms with van der Waals surface area (Å²) in [6.07, 6.45) is 1.68. The second-order valence-electron chi connectivity index (χ2n) is 4.80. The Balaban J connectivity index is 2.07. The maximum Gasteiger partial charge on any atom is 0.410 e. The van der Waals surface area contributed by atoms with Gasteiger partial charge in [-0.05, 0) is 6.42 Å². The fraction of sp³-hybridized carbons (Fsp3) is 0.667. The molecule has 2 rings (SSSR count). The van der Waals surface area contributed by atoms with E-state index in [-0.39, 0.29) is 13.2 Å². The molecule has 0 aromatic heterocycles. The maximum atomic E-state index is 11.7. The smallest absolute Gasteiger partial charge is 0.410 e. The van der Waals surface area contributed by atoms with Crippen molar-refractivity contribution in [2.24, 2.45) is 11.3 Å². The molecule has 1 amide bonds. The van der Waals surface area contributed by atoms with Crippen LogP contribution in [0.4, 0.5) is 4.79 Å². The number of carbonyl (C=O) groups excluding carboxylic acids is 1. The average Bonchev–Trinajstić information content (AvgIpc) is 2.95. The Morgan fingerprint density at radius 3 is 2.94 bits per heavy atom. The van der Waals surface area contributed by atoms with E-state index >= 15 is 0 Å². The lowest BCUT2D eigenvalue weighted by Crippen LogP contribution is -2.35. The highest BCUT2D eigenvalue weighted by Crippen LogP contribution is 2.43. The SMILES string of the molecule is C=CCOC(=O)N1CC(C(=O)O)C2(CCOC2)C1. The van der Waals surface area contributed by atoms with Crippen LogP contribution >= 0.6 is 0 Å². The van der Waals surface area contributed by atoms with Crippen LogP contribution in [0.15, 0.2) is 12.7 Å². The van der Waals surface area contributed by atoms with Crippen LogP contribution in [0.25, 0.3) is 0 Å². The molecule has 0 aromatic carbocycles. The third-order valence-electron chi connectivity index (χ3n) is 3.66. The van der Waals surface area contributed by atoms with Gasteiger partial charge in [-0.15, -0.1) is 0 Å². The van der Waals surface area contributed by atoms with E-state index in [0.29, 0.717) is 26.2 Å². The number of likely N-dealkylation sites (tertiary alicyclic amines) is 1. The summed E-state index contributed by atoms with van der Waals surface area (Å²) < 4.78 is 10.3. The highest BCUT2D eigenvalue weighted by Gasteiger charge is 2.53. The molecule has 2 atom stereocenters. The molecule has 0 saturated carbocycles. The number of ether oxygens (including phenoxy) is 2. The molecule has 1 spiro atoms. The fourth-order valence-electron chi connectivity index (χ4n) is 2.69. The van der Waals surface area contributed by atoms with E-state index in [0.717, 1.165) is 0 Å². The van der Waals surface area contributed by atoms with Gasteiger partial charge in [0.25, 0.3) is 0 Å². The molecule has 0 aliphatic carbocycles. The molecular formula is C12H17NO5. The predicted molar refractivity (Wildman–Crippen MR) is 62.1 cm³/mol. The van der Waals surface area contributed by atoms with Crippen molar-refractivity contribution >= 4 is 12.1 Å². The molecular weight excluding hydrogens is 238 g/mol. The summed E-state index contributed by atoms with van der Waals surface area (Å²) in [5.74, 6) is -1.45. The number of hydrogen-bond acceptors (Lipinski definition) is 4. The second kappa shape index (κ2) is 4.97. The lowest BCUT2D eigenvalue weighted by molar-refractivity contribution is -0.144. The summed E-state index contributed by atoms with van der Waals surface area (Å²) in [4.78, 5) is 24.5. The topological polar surface area (TPSA) is 76.1 Å². The van der Waals surface area contributed by atoms with Crippen LogP contribution in [-0.2, 0) is 14.3 Å². The Labute approximate surface area is 105 Å². The number of carboxylic acids is 1. The first-order chi connectivity index (χ1) is 8.59. The Hall–Kier alpha value is -1.56. The van der Waals surface area contributed by atoms with E-state index < -0.39 is 23.4 Å². The molecule has 2 aliphatic rings. The third kappa shape index (κ3) is 2.20. The summed E-state index contributed by atoms with van der Waals surface area (Å²) in [5.41, 5.74) is -0.445. The fourth-order valence-corrected chi connectivity index (χ4v) is 2.69. The van der Waals surface area contributed by atoms with Crippen molar-refractivity contribution in [2.75, 3.05) is 32.9 Å². The molecule has 0 radical (unpaired) electrons. The van der Waals surface area contributed by atoms with Gasteiger partial charge < -0.3 is 19.5 Å². The van der Waals surface area contributed by atoms with Crippen molar-refractivity contribution in [3.63, 3.8) is 0 Å². The summed E-state index contributed by atoms with van der Waals surface area (Å²) in [7, 11) is 0. The summed E-state index contributed by atoms with van der Waals surface area (Å²) in [6.45, 7) is 5.13. The lowest BCUT2D eigenvalue weighted by atomic mass is 9.77. The molecule has 100 valence electrons. The van der Waals surface area contributed by atoms with E-state index in [4.69, 9.17) is 9.47 Å². The van der Waals surface area contributed by atoms with Gasteiger partial charge in [0.2, 0.25) is 0 Å². The van der Waals surface area contributed by atoms with Crippen molar-refractivity contribution in [3.05, 3.63) is 12.7 Å². The number of rotatable bonds is 3. The van der Waals surface area contributed by atoms with Crippen molar-refractivity contribution < 1.29 is 24.2 Å². The summed E-state index contributed by atoms with van der Waals surface area (Å²) in [5, 5.41) is 9.26. The Bertz CT molecular complexity index is 361. The molecule has 6 heteroatoms. The van der Waals surface area contributed by atoms with Crippen LogP contribution in [-0.4, -0.2) is 55.0 Å². The van der Waals surface area contributed by atoms with Gasteiger partial charge in [0.15, 0.2) is 0 Å². The Morgan fingerprint density at radius 2 is 2.39 bits per heavy atom. The van der Waals surface area contributed by atoms with E-state index in [9.17, 15) is 14.7 Å². The van der Waals surface area contributed by atoms with Crippen LogP contribution < -0.4 is 0 Å². The number of carbonyl (C=O) groups is 2. The maximum absolute atomic E-state index is 11.7. The van der Waals surface area contributed by atoms with Gasteiger partial charge in [-0.2, -0.15) is 0 Å². The molecule has 2 unspecified atom stereocenters. The van der Waals surface area contributed by atoms with Gasteiger partial charge in [-0.3, -0.25) is 4.79 Å². The number of hydrogen-bond donors (Lipinski definition) is 1. The number of carboxylic acid groups (broad SMARTS) is 1. The van der Waals surface area contributed by atoms with Gasteiger partial charge in [0.05, 0.1) is 12.5 Å². The van der Waals surface area contributed by atoms with Gasteiger partial charge in [0, 0.05) is 25.1 Å². The van der Waals surface area contributed by atoms with Gasteiger partial charge >= 0.3 is 12.1 Å². The minimum absolute atomic E-state index is 0.135. The van der Waals surface area contributed by atoms with Gasteiger partial charge in [-0.1, -0.05) is 12.7 Å². The number of nitrogens with zero attached hydrogens (tertiary/aromatic N) is 1. The van der Waals surface area contributed by atoms with Crippen LogP contribution in [0.5, 0.6) is 0 Å². The van der Waals surface area contributed by atoms with Crippen LogP contribution in [0.1, 0.15) is 6.42 Å². The number of amides is 1. The Kier molecular flexibility index (Phi) is 3.56. The first-order valence-electron chi connectivity index (χ1n) is 5.92. The second-order valence-corrected chi connectivity index (χ2v) is 4.80.